The van der Waals surface area contributed by atoms with Gasteiger partial charge in [0, 0.05) is 6.26 Å². The molecule has 0 aliphatic heterocycles. The third kappa shape index (κ3) is 4.27. The van der Waals surface area contributed by atoms with Gasteiger partial charge in [-0.05, 0) is 23.6 Å². The van der Waals surface area contributed by atoms with Crippen LogP contribution >= 0.6 is 11.6 Å². The smallest absolute Gasteiger partial charge is 0.364 e. The Kier molecular flexibility index (Phi) is 5.01. The number of aromatic nitrogens is 2. The molecule has 0 saturated carbocycles. The molecule has 6 nitrogen and oxygen atoms in total. The molecule has 0 radical (unpaired) electrons. The maximum atomic E-state index is 12.1. The predicted molar refractivity (Wildman–Crippen MR) is 85.6 cm³/mol. The zero-order valence-corrected chi connectivity index (χ0v) is 14.4. The molecule has 0 spiro atoms. The van der Waals surface area contributed by atoms with Crippen molar-refractivity contribution >= 4 is 27.4 Å². The van der Waals surface area contributed by atoms with Gasteiger partial charge in [0.1, 0.15) is 5.75 Å². The Bertz CT molecular complexity index is 833. The third-order valence-corrected chi connectivity index (χ3v) is 4.14. The Morgan fingerprint density at radius 2 is 1.83 bits per heavy atom. The summed E-state index contributed by atoms with van der Waals surface area (Å²) in [5.41, 5.74) is 0.805. The van der Waals surface area contributed by atoms with Crippen LogP contribution in [0.15, 0.2) is 35.6 Å². The molecule has 2 aromatic rings. The number of esters is 1. The van der Waals surface area contributed by atoms with Crippen molar-refractivity contribution in [1.82, 2.24) is 9.97 Å². The van der Waals surface area contributed by atoms with Crippen LogP contribution in [0.25, 0.3) is 0 Å². The summed E-state index contributed by atoms with van der Waals surface area (Å²) < 4.78 is 28.1. The summed E-state index contributed by atoms with van der Waals surface area (Å²) in [5, 5.41) is -0.565. The first-order chi connectivity index (χ1) is 10.7. The summed E-state index contributed by atoms with van der Waals surface area (Å²) in [5.74, 6) is -0.178. The molecular formula is C15H15ClN2O4S. The van der Waals surface area contributed by atoms with Gasteiger partial charge in [-0.1, -0.05) is 37.6 Å². The van der Waals surface area contributed by atoms with Crippen LogP contribution < -0.4 is 4.74 Å². The first-order valence-electron chi connectivity index (χ1n) is 6.73. The fourth-order valence-electron chi connectivity index (χ4n) is 1.75. The summed E-state index contributed by atoms with van der Waals surface area (Å²) in [7, 11) is -3.65. The van der Waals surface area contributed by atoms with E-state index in [1.165, 1.54) is 0 Å². The van der Waals surface area contributed by atoms with Crippen LogP contribution in [0.5, 0.6) is 5.75 Å². The van der Waals surface area contributed by atoms with Crippen LogP contribution in [0.2, 0.25) is 5.02 Å². The van der Waals surface area contributed by atoms with Gasteiger partial charge in [-0.15, -0.1) is 0 Å². The topological polar surface area (TPSA) is 86.2 Å². The minimum Gasteiger partial charge on any atom is -0.422 e. The highest BCUT2D eigenvalue weighted by atomic mass is 35.5. The number of sulfone groups is 1. The normalized spacial score (nSPS) is 11.5. The molecule has 0 aliphatic carbocycles. The highest BCUT2D eigenvalue weighted by Crippen LogP contribution is 2.21. The minimum atomic E-state index is -3.65. The van der Waals surface area contributed by atoms with Gasteiger partial charge in [-0.2, -0.15) is 0 Å². The van der Waals surface area contributed by atoms with Crippen LogP contribution in [0.1, 0.15) is 35.8 Å². The van der Waals surface area contributed by atoms with Crippen molar-refractivity contribution in [2.45, 2.75) is 24.9 Å². The highest BCUT2D eigenvalue weighted by molar-refractivity contribution is 7.90. The van der Waals surface area contributed by atoms with Crippen molar-refractivity contribution < 1.29 is 17.9 Å². The standard InChI is InChI=1S/C15H15ClN2O4S/c1-9(2)10-4-6-11(7-5-10)22-14(19)13-12(16)8-17-15(18-13)23(3,20)21/h4-9H,1-3H3. The quantitative estimate of drug-likeness (QED) is 0.476. The number of hydrogen-bond acceptors (Lipinski definition) is 6. The molecule has 0 bridgehead atoms. The van der Waals surface area contributed by atoms with E-state index in [4.69, 9.17) is 16.3 Å². The fraction of sp³-hybridized carbons (Fsp3) is 0.267. The zero-order chi connectivity index (χ0) is 17.2. The lowest BCUT2D eigenvalue weighted by atomic mass is 10.0. The van der Waals surface area contributed by atoms with E-state index in [1.807, 2.05) is 26.0 Å². The second-order valence-electron chi connectivity index (χ2n) is 5.23. The maximum absolute atomic E-state index is 12.1. The second kappa shape index (κ2) is 6.64. The molecule has 1 aromatic carbocycles. The maximum Gasteiger partial charge on any atom is 0.364 e. The Hall–Kier alpha value is -1.99. The Morgan fingerprint density at radius 1 is 1.22 bits per heavy atom. The average molecular weight is 355 g/mol. The molecule has 0 N–H and O–H groups in total. The van der Waals surface area contributed by atoms with Crippen LogP contribution in [0, 0.1) is 0 Å². The van der Waals surface area contributed by atoms with Crippen molar-refractivity contribution in [3.63, 3.8) is 0 Å². The number of halogens is 1. The predicted octanol–water partition coefficient (Wildman–Crippen LogP) is 2.88. The van der Waals surface area contributed by atoms with E-state index in [1.54, 1.807) is 12.1 Å². The number of carbonyl (C=O) groups is 1. The van der Waals surface area contributed by atoms with Gasteiger partial charge in [-0.25, -0.2) is 23.2 Å². The first kappa shape index (κ1) is 17.4. The van der Waals surface area contributed by atoms with E-state index in [0.29, 0.717) is 11.7 Å². The van der Waals surface area contributed by atoms with E-state index in [2.05, 4.69) is 9.97 Å². The lowest BCUT2D eigenvalue weighted by Crippen LogP contribution is -2.15. The molecule has 122 valence electrons. The Balaban J connectivity index is 2.27. The number of carbonyl (C=O) groups excluding carboxylic acids is 1. The third-order valence-electron chi connectivity index (χ3n) is 3.00. The largest absolute Gasteiger partial charge is 0.422 e. The molecule has 0 saturated heterocycles. The number of nitrogens with zero attached hydrogens (tertiary/aromatic N) is 2. The van der Waals surface area contributed by atoms with Crippen LogP contribution in [0.4, 0.5) is 0 Å². The molecule has 0 amide bonds. The van der Waals surface area contributed by atoms with Crippen molar-refractivity contribution in [3.8, 4) is 5.75 Å². The second-order valence-corrected chi connectivity index (χ2v) is 7.55. The summed E-state index contributed by atoms with van der Waals surface area (Å²) in [6, 6.07) is 6.99. The highest BCUT2D eigenvalue weighted by Gasteiger charge is 2.20. The lowest BCUT2D eigenvalue weighted by molar-refractivity contribution is 0.0727. The Morgan fingerprint density at radius 3 is 2.35 bits per heavy atom. The Labute approximate surface area is 139 Å². The first-order valence-corrected chi connectivity index (χ1v) is 9.00. The number of rotatable bonds is 4. The summed E-state index contributed by atoms with van der Waals surface area (Å²) in [4.78, 5) is 19.4. The number of benzene rings is 1. The molecule has 0 aliphatic rings. The van der Waals surface area contributed by atoms with Crippen LogP contribution in [-0.4, -0.2) is 30.6 Å². The number of hydrogen-bond donors (Lipinski definition) is 0. The van der Waals surface area contributed by atoms with Crippen LogP contribution in [-0.2, 0) is 9.84 Å². The van der Waals surface area contributed by atoms with E-state index >= 15 is 0 Å². The molecule has 1 aromatic heterocycles. The molecular weight excluding hydrogens is 340 g/mol. The van der Waals surface area contributed by atoms with Gasteiger partial charge in [0.15, 0.2) is 5.69 Å². The molecule has 23 heavy (non-hydrogen) atoms. The molecule has 0 atom stereocenters. The van der Waals surface area contributed by atoms with Gasteiger partial charge in [0.05, 0.1) is 11.2 Å². The minimum absolute atomic E-state index is 0.0822. The summed E-state index contributed by atoms with van der Waals surface area (Å²) >= 11 is 5.85. The van der Waals surface area contributed by atoms with Gasteiger partial charge >= 0.3 is 5.97 Å². The van der Waals surface area contributed by atoms with Gasteiger partial charge in [-0.3, -0.25) is 0 Å². The zero-order valence-electron chi connectivity index (χ0n) is 12.8. The van der Waals surface area contributed by atoms with Crippen LogP contribution in [0.3, 0.4) is 0 Å². The molecule has 8 heteroatoms. The SMILES string of the molecule is CC(C)c1ccc(OC(=O)c2nc(S(C)(=O)=O)ncc2Cl)cc1. The van der Waals surface area contributed by atoms with Crippen molar-refractivity contribution in [2.75, 3.05) is 6.26 Å². The number of ether oxygens (including phenoxy) is 1. The van der Waals surface area contributed by atoms with Gasteiger partial charge in [0.2, 0.25) is 15.0 Å². The fourth-order valence-corrected chi connectivity index (χ4v) is 2.42. The molecule has 1 heterocycles. The van der Waals surface area contributed by atoms with Crippen molar-refractivity contribution in [3.05, 3.63) is 46.7 Å². The van der Waals surface area contributed by atoms with E-state index in [-0.39, 0.29) is 10.7 Å². The van der Waals surface area contributed by atoms with E-state index in [0.717, 1.165) is 18.0 Å². The summed E-state index contributed by atoms with van der Waals surface area (Å²) in [6.45, 7) is 4.10. The van der Waals surface area contributed by atoms with E-state index < -0.39 is 21.0 Å². The monoisotopic (exact) mass is 354 g/mol. The lowest BCUT2D eigenvalue weighted by Gasteiger charge is -2.08. The van der Waals surface area contributed by atoms with E-state index in [9.17, 15) is 13.2 Å². The van der Waals surface area contributed by atoms with Gasteiger partial charge < -0.3 is 4.74 Å². The van der Waals surface area contributed by atoms with Crippen molar-refractivity contribution in [1.29, 1.82) is 0 Å². The molecule has 0 fully saturated rings. The summed E-state index contributed by atoms with van der Waals surface area (Å²) in [6.07, 6.45) is 2.00. The molecule has 2 rings (SSSR count). The average Bonchev–Trinajstić information content (AvgIpc) is 2.46. The van der Waals surface area contributed by atoms with Crippen molar-refractivity contribution in [2.24, 2.45) is 0 Å². The van der Waals surface area contributed by atoms with Gasteiger partial charge in [0.25, 0.3) is 0 Å². The molecule has 0 unspecified atom stereocenters.